The minimum absolute atomic E-state index is 0.109. The molecule has 1 fully saturated rings. The number of urea groups is 1. The molecule has 3 amide bonds. The average Bonchev–Trinajstić information content (AvgIpc) is 3.07. The third-order valence-electron chi connectivity index (χ3n) is 4.37. The fourth-order valence-corrected chi connectivity index (χ4v) is 2.96. The van der Waals surface area contributed by atoms with Crippen LogP contribution in [0.4, 0.5) is 10.5 Å². The number of carbonyl (C=O) groups is 2. The Balaban J connectivity index is 1.51. The smallest absolute Gasteiger partial charge is 0.317 e. The minimum Gasteiger partial charge on any atom is -0.334 e. The molecule has 0 saturated carbocycles. The number of nitrogens with one attached hydrogen (secondary N) is 1. The predicted molar refractivity (Wildman–Crippen MR) is 98.2 cm³/mol. The lowest BCUT2D eigenvalue weighted by Crippen LogP contribution is -2.36. The third-order valence-corrected chi connectivity index (χ3v) is 4.37. The number of hydrogen-bond acceptors (Lipinski definition) is 2. The second kappa shape index (κ2) is 7.83. The predicted octanol–water partition coefficient (Wildman–Crippen LogP) is 3.16. The third kappa shape index (κ3) is 4.38. The molecule has 5 nitrogen and oxygen atoms in total. The summed E-state index contributed by atoms with van der Waals surface area (Å²) in [6.07, 6.45) is 1.55. The van der Waals surface area contributed by atoms with E-state index in [1.54, 1.807) is 11.9 Å². The van der Waals surface area contributed by atoms with Gasteiger partial charge < -0.3 is 15.1 Å². The van der Waals surface area contributed by atoms with Crippen LogP contribution < -0.4 is 10.2 Å². The van der Waals surface area contributed by atoms with Crippen LogP contribution in [0.1, 0.15) is 24.0 Å². The second-order valence-corrected chi connectivity index (χ2v) is 6.32. The molecule has 2 aromatic carbocycles. The van der Waals surface area contributed by atoms with Gasteiger partial charge in [0.25, 0.3) is 0 Å². The Kier molecular flexibility index (Phi) is 5.33. The van der Waals surface area contributed by atoms with Gasteiger partial charge in [-0.2, -0.15) is 0 Å². The van der Waals surface area contributed by atoms with E-state index in [-0.39, 0.29) is 11.9 Å². The van der Waals surface area contributed by atoms with Crippen LogP contribution in [0.2, 0.25) is 0 Å². The maximum absolute atomic E-state index is 12.2. The molecule has 1 aliphatic rings. The molecule has 0 radical (unpaired) electrons. The fourth-order valence-electron chi connectivity index (χ4n) is 2.96. The number of rotatable bonds is 5. The highest BCUT2D eigenvalue weighted by molar-refractivity contribution is 5.95. The highest BCUT2D eigenvalue weighted by Gasteiger charge is 2.21. The molecular formula is C20H23N3O2. The van der Waals surface area contributed by atoms with Gasteiger partial charge in [0, 0.05) is 38.8 Å². The molecule has 2 aromatic rings. The van der Waals surface area contributed by atoms with Crippen LogP contribution in [-0.2, 0) is 17.9 Å². The quantitative estimate of drug-likeness (QED) is 0.911. The van der Waals surface area contributed by atoms with E-state index in [9.17, 15) is 9.59 Å². The zero-order chi connectivity index (χ0) is 17.6. The Labute approximate surface area is 148 Å². The molecule has 0 unspecified atom stereocenters. The Morgan fingerprint density at radius 3 is 2.44 bits per heavy atom. The molecule has 0 spiro atoms. The van der Waals surface area contributed by atoms with Crippen molar-refractivity contribution in [3.05, 3.63) is 65.7 Å². The van der Waals surface area contributed by atoms with E-state index in [1.165, 1.54) is 0 Å². The van der Waals surface area contributed by atoms with Gasteiger partial charge in [0.1, 0.15) is 0 Å². The largest absolute Gasteiger partial charge is 0.334 e. The standard InChI is InChI=1S/C20H23N3O2/c1-22(15-17-6-3-2-4-7-17)20(25)21-14-16-9-11-18(12-10-16)23-13-5-8-19(23)24/h2-4,6-7,9-12H,5,8,13-15H2,1H3,(H,21,25). The maximum atomic E-state index is 12.2. The monoisotopic (exact) mass is 337 g/mol. The lowest BCUT2D eigenvalue weighted by molar-refractivity contribution is -0.117. The van der Waals surface area contributed by atoms with Gasteiger partial charge in [-0.25, -0.2) is 4.79 Å². The Morgan fingerprint density at radius 1 is 1.08 bits per heavy atom. The van der Waals surface area contributed by atoms with Crippen molar-refractivity contribution in [1.29, 1.82) is 0 Å². The summed E-state index contributed by atoms with van der Waals surface area (Å²) in [5.74, 6) is 0.184. The summed E-state index contributed by atoms with van der Waals surface area (Å²) in [7, 11) is 1.78. The second-order valence-electron chi connectivity index (χ2n) is 6.32. The van der Waals surface area contributed by atoms with Crippen molar-refractivity contribution in [3.8, 4) is 0 Å². The molecule has 5 heteroatoms. The molecule has 3 rings (SSSR count). The van der Waals surface area contributed by atoms with Crippen LogP contribution in [0, 0.1) is 0 Å². The van der Waals surface area contributed by atoms with Gasteiger partial charge in [-0.1, -0.05) is 42.5 Å². The first-order valence-electron chi connectivity index (χ1n) is 8.56. The molecule has 1 aliphatic heterocycles. The topological polar surface area (TPSA) is 52.7 Å². The van der Waals surface area contributed by atoms with Gasteiger partial charge in [0.15, 0.2) is 0 Å². The fraction of sp³-hybridized carbons (Fsp3) is 0.300. The van der Waals surface area contributed by atoms with Gasteiger partial charge in [-0.05, 0) is 29.7 Å². The number of carbonyl (C=O) groups excluding carboxylic acids is 2. The first kappa shape index (κ1) is 17.0. The highest BCUT2D eigenvalue weighted by atomic mass is 16.2. The van der Waals surface area contributed by atoms with Crippen molar-refractivity contribution >= 4 is 17.6 Å². The van der Waals surface area contributed by atoms with Gasteiger partial charge in [-0.15, -0.1) is 0 Å². The van der Waals surface area contributed by atoms with Crippen LogP contribution in [-0.4, -0.2) is 30.4 Å². The van der Waals surface area contributed by atoms with Crippen molar-refractivity contribution in [2.24, 2.45) is 0 Å². The molecular weight excluding hydrogens is 314 g/mol. The lowest BCUT2D eigenvalue weighted by atomic mass is 10.2. The molecule has 0 aliphatic carbocycles. The van der Waals surface area contributed by atoms with Crippen molar-refractivity contribution in [2.75, 3.05) is 18.5 Å². The normalized spacial score (nSPS) is 13.8. The number of anilines is 1. The molecule has 0 atom stereocenters. The zero-order valence-corrected chi connectivity index (χ0v) is 14.4. The van der Waals surface area contributed by atoms with Crippen molar-refractivity contribution < 1.29 is 9.59 Å². The highest BCUT2D eigenvalue weighted by Crippen LogP contribution is 2.21. The molecule has 1 saturated heterocycles. The number of nitrogens with zero attached hydrogens (tertiary/aromatic N) is 2. The van der Waals surface area contributed by atoms with E-state index in [4.69, 9.17) is 0 Å². The maximum Gasteiger partial charge on any atom is 0.317 e. The molecule has 1 N–H and O–H groups in total. The van der Waals surface area contributed by atoms with Crippen LogP contribution in [0.5, 0.6) is 0 Å². The Morgan fingerprint density at radius 2 is 1.80 bits per heavy atom. The number of amides is 3. The first-order chi connectivity index (χ1) is 12.1. The van der Waals surface area contributed by atoms with E-state index >= 15 is 0 Å². The molecule has 1 heterocycles. The first-order valence-corrected chi connectivity index (χ1v) is 8.56. The number of hydrogen-bond donors (Lipinski definition) is 1. The van der Waals surface area contributed by atoms with Gasteiger partial charge in [-0.3, -0.25) is 4.79 Å². The van der Waals surface area contributed by atoms with Crippen LogP contribution in [0.25, 0.3) is 0 Å². The van der Waals surface area contributed by atoms with Gasteiger partial charge in [0.05, 0.1) is 0 Å². The Hall–Kier alpha value is -2.82. The summed E-state index contributed by atoms with van der Waals surface area (Å²) in [4.78, 5) is 27.4. The summed E-state index contributed by atoms with van der Waals surface area (Å²) in [5.41, 5.74) is 3.04. The van der Waals surface area contributed by atoms with Crippen LogP contribution >= 0.6 is 0 Å². The van der Waals surface area contributed by atoms with Gasteiger partial charge in [0.2, 0.25) is 5.91 Å². The molecule has 0 bridgehead atoms. The van der Waals surface area contributed by atoms with E-state index < -0.39 is 0 Å². The molecule has 130 valence electrons. The summed E-state index contributed by atoms with van der Waals surface area (Å²) >= 11 is 0. The van der Waals surface area contributed by atoms with Crippen molar-refractivity contribution in [1.82, 2.24) is 10.2 Å². The van der Waals surface area contributed by atoms with Crippen molar-refractivity contribution in [2.45, 2.75) is 25.9 Å². The molecule has 25 heavy (non-hydrogen) atoms. The van der Waals surface area contributed by atoms with E-state index in [0.29, 0.717) is 19.5 Å². The SMILES string of the molecule is CN(Cc1ccccc1)C(=O)NCc1ccc(N2CCCC2=O)cc1. The van der Waals surface area contributed by atoms with Crippen LogP contribution in [0.15, 0.2) is 54.6 Å². The van der Waals surface area contributed by atoms with E-state index in [2.05, 4.69) is 5.32 Å². The number of benzene rings is 2. The van der Waals surface area contributed by atoms with Gasteiger partial charge >= 0.3 is 6.03 Å². The van der Waals surface area contributed by atoms with Crippen molar-refractivity contribution in [3.63, 3.8) is 0 Å². The Bertz CT molecular complexity index is 728. The summed E-state index contributed by atoms with van der Waals surface area (Å²) in [5, 5.41) is 2.92. The summed E-state index contributed by atoms with van der Waals surface area (Å²) in [6.45, 7) is 1.83. The summed E-state index contributed by atoms with van der Waals surface area (Å²) in [6, 6.07) is 17.6. The van der Waals surface area contributed by atoms with Crippen LogP contribution in [0.3, 0.4) is 0 Å². The lowest BCUT2D eigenvalue weighted by Gasteiger charge is -2.19. The average molecular weight is 337 g/mol. The zero-order valence-electron chi connectivity index (χ0n) is 14.4. The molecule has 0 aromatic heterocycles. The van der Waals surface area contributed by atoms with E-state index in [0.717, 1.165) is 29.8 Å². The minimum atomic E-state index is -0.109. The summed E-state index contributed by atoms with van der Waals surface area (Å²) < 4.78 is 0. The van der Waals surface area contributed by atoms with E-state index in [1.807, 2.05) is 59.5 Å².